The predicted octanol–water partition coefficient (Wildman–Crippen LogP) is 1.72. The third kappa shape index (κ3) is 2.97. The smallest absolute Gasteiger partial charge is 0.269 e. The highest BCUT2D eigenvalue weighted by Crippen LogP contribution is 2.27. The number of oxime groups is 1. The van der Waals surface area contributed by atoms with E-state index in [4.69, 9.17) is 24.5 Å². The van der Waals surface area contributed by atoms with Crippen LogP contribution in [-0.2, 0) is 9.47 Å². The number of aliphatic hydroxyl groups excluding tert-OH is 1. The molecule has 2 aromatic carbocycles. The summed E-state index contributed by atoms with van der Waals surface area (Å²) in [5, 5.41) is 23.0. The first-order chi connectivity index (χ1) is 10.3. The Kier molecular flexibility index (Phi) is 4.01. The zero-order valence-electron chi connectivity index (χ0n) is 11.2. The van der Waals surface area contributed by atoms with Crippen LogP contribution in [0.2, 0.25) is 0 Å². The van der Waals surface area contributed by atoms with E-state index < -0.39 is 6.48 Å². The molecule has 0 bridgehead atoms. The molecule has 1 fully saturated rings. The number of ether oxygens (including phenoxy) is 3. The molecule has 0 aromatic heterocycles. The van der Waals surface area contributed by atoms with E-state index in [1.54, 1.807) is 0 Å². The van der Waals surface area contributed by atoms with E-state index in [0.29, 0.717) is 11.3 Å². The van der Waals surface area contributed by atoms with Crippen molar-refractivity contribution in [3.05, 3.63) is 42.0 Å². The van der Waals surface area contributed by atoms with E-state index in [2.05, 4.69) is 5.16 Å². The number of hydrogen-bond donors (Lipinski definition) is 2. The molecule has 0 spiro atoms. The van der Waals surface area contributed by atoms with Gasteiger partial charge in [-0.05, 0) is 16.8 Å². The van der Waals surface area contributed by atoms with Gasteiger partial charge in [-0.2, -0.15) is 0 Å². The molecular weight excluding hydrogens is 274 g/mol. The van der Waals surface area contributed by atoms with Gasteiger partial charge in [0.2, 0.25) is 0 Å². The Hall–Kier alpha value is -2.15. The molecule has 1 saturated heterocycles. The van der Waals surface area contributed by atoms with Crippen molar-refractivity contribution < 1.29 is 24.5 Å². The fourth-order valence-electron chi connectivity index (χ4n) is 2.30. The first-order valence-electron chi connectivity index (χ1n) is 6.55. The van der Waals surface area contributed by atoms with Crippen LogP contribution < -0.4 is 4.74 Å². The van der Waals surface area contributed by atoms with Gasteiger partial charge in [0.25, 0.3) is 6.48 Å². The average molecular weight is 289 g/mol. The van der Waals surface area contributed by atoms with E-state index >= 15 is 0 Å². The molecule has 1 aliphatic rings. The van der Waals surface area contributed by atoms with Crippen molar-refractivity contribution in [2.24, 2.45) is 5.16 Å². The Labute approximate surface area is 121 Å². The zero-order chi connectivity index (χ0) is 14.7. The van der Waals surface area contributed by atoms with Crippen LogP contribution in [-0.4, -0.2) is 42.3 Å². The second-order valence-corrected chi connectivity index (χ2v) is 4.65. The van der Waals surface area contributed by atoms with Crippen molar-refractivity contribution >= 4 is 17.0 Å². The number of fused-ring (bicyclic) bond motifs is 1. The van der Waals surface area contributed by atoms with Gasteiger partial charge in [-0.1, -0.05) is 35.5 Å². The molecule has 0 radical (unpaired) electrons. The largest absolute Gasteiger partial charge is 0.490 e. The molecule has 21 heavy (non-hydrogen) atoms. The van der Waals surface area contributed by atoms with Crippen LogP contribution in [0.25, 0.3) is 10.8 Å². The van der Waals surface area contributed by atoms with Crippen LogP contribution in [0.4, 0.5) is 0 Å². The molecule has 0 aliphatic carbocycles. The molecular formula is C15H15NO5. The van der Waals surface area contributed by atoms with Crippen LogP contribution in [0, 0.1) is 0 Å². The standard InChI is InChI=1S/C15H15NO5/c17-15-20-9-11(21-15)8-19-14-6-5-10-3-1-2-4-12(10)13(14)7-16-18/h1-7,11,15,17-18H,8-9H2/b16-7-. The fraction of sp³-hybridized carbons (Fsp3) is 0.267. The first-order valence-corrected chi connectivity index (χ1v) is 6.55. The number of hydrogen-bond acceptors (Lipinski definition) is 6. The first kappa shape index (κ1) is 13.8. The molecule has 2 aromatic rings. The van der Waals surface area contributed by atoms with Crippen molar-refractivity contribution in [3.63, 3.8) is 0 Å². The van der Waals surface area contributed by atoms with Crippen LogP contribution in [0.3, 0.4) is 0 Å². The summed E-state index contributed by atoms with van der Waals surface area (Å²) in [7, 11) is 0. The van der Waals surface area contributed by atoms with Crippen LogP contribution in [0.1, 0.15) is 5.56 Å². The average Bonchev–Trinajstić information content (AvgIpc) is 2.92. The summed E-state index contributed by atoms with van der Waals surface area (Å²) in [4.78, 5) is 0. The van der Waals surface area contributed by atoms with Gasteiger partial charge >= 0.3 is 0 Å². The van der Waals surface area contributed by atoms with Gasteiger partial charge in [-0.15, -0.1) is 0 Å². The lowest BCUT2D eigenvalue weighted by Crippen LogP contribution is -2.21. The van der Waals surface area contributed by atoms with Crippen molar-refractivity contribution in [3.8, 4) is 5.75 Å². The molecule has 1 aliphatic heterocycles. The zero-order valence-corrected chi connectivity index (χ0v) is 11.2. The second kappa shape index (κ2) is 6.09. The molecule has 2 unspecified atom stereocenters. The molecule has 3 rings (SSSR count). The minimum atomic E-state index is -1.19. The molecule has 2 atom stereocenters. The van der Waals surface area contributed by atoms with Gasteiger partial charge in [0.1, 0.15) is 18.5 Å². The summed E-state index contributed by atoms with van der Waals surface area (Å²) in [5.74, 6) is 0.580. The summed E-state index contributed by atoms with van der Waals surface area (Å²) in [5.41, 5.74) is 0.690. The van der Waals surface area contributed by atoms with E-state index in [1.165, 1.54) is 6.21 Å². The van der Waals surface area contributed by atoms with E-state index in [-0.39, 0.29) is 19.3 Å². The maximum absolute atomic E-state index is 9.12. The molecule has 1 heterocycles. The van der Waals surface area contributed by atoms with Crippen molar-refractivity contribution in [2.75, 3.05) is 13.2 Å². The minimum absolute atomic E-state index is 0.238. The lowest BCUT2D eigenvalue weighted by atomic mass is 10.0. The van der Waals surface area contributed by atoms with Crippen LogP contribution in [0.5, 0.6) is 5.75 Å². The topological polar surface area (TPSA) is 80.5 Å². The van der Waals surface area contributed by atoms with E-state index in [0.717, 1.165) is 10.8 Å². The molecule has 6 heteroatoms. The lowest BCUT2D eigenvalue weighted by molar-refractivity contribution is -0.205. The number of nitrogens with zero attached hydrogens (tertiary/aromatic N) is 1. The van der Waals surface area contributed by atoms with Crippen LogP contribution in [0.15, 0.2) is 41.6 Å². The van der Waals surface area contributed by atoms with Gasteiger partial charge in [-0.3, -0.25) is 0 Å². The highest BCUT2D eigenvalue weighted by atomic mass is 16.8. The number of rotatable bonds is 4. The number of aliphatic hydroxyl groups is 1. The number of benzene rings is 2. The van der Waals surface area contributed by atoms with Gasteiger partial charge in [0, 0.05) is 5.56 Å². The highest BCUT2D eigenvalue weighted by molar-refractivity contribution is 6.02. The van der Waals surface area contributed by atoms with Crippen molar-refractivity contribution in [1.29, 1.82) is 0 Å². The quantitative estimate of drug-likeness (QED) is 0.509. The Morgan fingerprint density at radius 2 is 2.14 bits per heavy atom. The Morgan fingerprint density at radius 1 is 1.29 bits per heavy atom. The predicted molar refractivity (Wildman–Crippen MR) is 75.7 cm³/mol. The molecule has 2 N–H and O–H groups in total. The van der Waals surface area contributed by atoms with Gasteiger partial charge in [0.05, 0.1) is 12.8 Å². The lowest BCUT2D eigenvalue weighted by Gasteiger charge is -2.13. The third-order valence-electron chi connectivity index (χ3n) is 3.28. The Morgan fingerprint density at radius 3 is 2.90 bits per heavy atom. The normalized spacial score (nSPS) is 22.1. The summed E-state index contributed by atoms with van der Waals surface area (Å²) in [6.45, 7) is -0.673. The summed E-state index contributed by atoms with van der Waals surface area (Å²) >= 11 is 0. The molecule has 0 amide bonds. The Bertz CT molecular complexity index is 658. The summed E-state index contributed by atoms with van der Waals surface area (Å²) in [6.07, 6.45) is 1.02. The second-order valence-electron chi connectivity index (χ2n) is 4.65. The van der Waals surface area contributed by atoms with Gasteiger partial charge in [-0.25, -0.2) is 0 Å². The SMILES string of the molecule is O/N=C\c1c(OCC2COC(O)O2)ccc2ccccc12. The van der Waals surface area contributed by atoms with Crippen molar-refractivity contribution in [2.45, 2.75) is 12.6 Å². The molecule has 6 nitrogen and oxygen atoms in total. The fourth-order valence-corrected chi connectivity index (χ4v) is 2.30. The maximum atomic E-state index is 9.12. The molecule has 0 saturated carbocycles. The minimum Gasteiger partial charge on any atom is -0.490 e. The van der Waals surface area contributed by atoms with Crippen LogP contribution >= 0.6 is 0 Å². The van der Waals surface area contributed by atoms with Gasteiger partial charge < -0.3 is 24.5 Å². The monoisotopic (exact) mass is 289 g/mol. The van der Waals surface area contributed by atoms with Gasteiger partial charge in [0.15, 0.2) is 0 Å². The van der Waals surface area contributed by atoms with Crippen molar-refractivity contribution in [1.82, 2.24) is 0 Å². The summed E-state index contributed by atoms with van der Waals surface area (Å²) in [6, 6.07) is 11.5. The summed E-state index contributed by atoms with van der Waals surface area (Å²) < 4.78 is 15.7. The third-order valence-corrected chi connectivity index (χ3v) is 3.28. The molecule has 110 valence electrons. The highest BCUT2D eigenvalue weighted by Gasteiger charge is 2.24. The van der Waals surface area contributed by atoms with E-state index in [9.17, 15) is 0 Å². The Balaban J connectivity index is 1.85. The maximum Gasteiger partial charge on any atom is 0.269 e. The van der Waals surface area contributed by atoms with E-state index in [1.807, 2.05) is 36.4 Å².